The lowest BCUT2D eigenvalue weighted by atomic mass is 10.1. The molecule has 25 heavy (non-hydrogen) atoms. The molecule has 1 saturated heterocycles. The van der Waals surface area contributed by atoms with Crippen LogP contribution >= 0.6 is 0 Å². The van der Waals surface area contributed by atoms with E-state index in [1.54, 1.807) is 0 Å². The number of anilines is 1. The molecule has 2 aromatic rings. The molecule has 1 aromatic heterocycles. The van der Waals surface area contributed by atoms with Crippen LogP contribution in [0.1, 0.15) is 30.2 Å². The maximum Gasteiger partial charge on any atom is 0.244 e. The standard InChI is InChI=1S/C18H23N5O2/c1-12(18(24)23-8-7-14-5-3-4-6-15(14)23)22-9-10-25-16(11-22)17-19-13(2)20-21-17/h3-6,12,16H,7-11H2,1-2H3,(H,19,20,21)/t12-,16-/m1/s1. The fraction of sp³-hybridized carbons (Fsp3) is 0.500. The predicted molar refractivity (Wildman–Crippen MR) is 93.3 cm³/mol. The van der Waals surface area contributed by atoms with Gasteiger partial charge in [-0.3, -0.25) is 14.8 Å². The molecule has 0 spiro atoms. The lowest BCUT2D eigenvalue weighted by molar-refractivity contribution is -0.126. The summed E-state index contributed by atoms with van der Waals surface area (Å²) >= 11 is 0. The fourth-order valence-electron chi connectivity index (χ4n) is 3.63. The average Bonchev–Trinajstić information content (AvgIpc) is 3.27. The quantitative estimate of drug-likeness (QED) is 0.915. The van der Waals surface area contributed by atoms with E-state index in [4.69, 9.17) is 4.74 Å². The van der Waals surface area contributed by atoms with Gasteiger partial charge in [0.05, 0.1) is 12.6 Å². The van der Waals surface area contributed by atoms with Gasteiger partial charge in [0.2, 0.25) is 5.91 Å². The van der Waals surface area contributed by atoms with Crippen LogP contribution in [-0.4, -0.2) is 58.3 Å². The molecule has 7 heteroatoms. The molecule has 132 valence electrons. The number of hydrogen-bond acceptors (Lipinski definition) is 5. The first-order valence-electron chi connectivity index (χ1n) is 8.77. The number of morpholine rings is 1. The lowest BCUT2D eigenvalue weighted by Crippen LogP contribution is -2.51. The number of aromatic nitrogens is 3. The molecule has 1 N–H and O–H groups in total. The lowest BCUT2D eigenvalue weighted by Gasteiger charge is -2.36. The molecule has 3 heterocycles. The van der Waals surface area contributed by atoms with Gasteiger partial charge >= 0.3 is 0 Å². The van der Waals surface area contributed by atoms with Gasteiger partial charge in [-0.25, -0.2) is 4.98 Å². The van der Waals surface area contributed by atoms with Gasteiger partial charge in [-0.15, -0.1) is 0 Å². The highest BCUT2D eigenvalue weighted by Crippen LogP contribution is 2.29. The zero-order valence-electron chi connectivity index (χ0n) is 14.6. The second-order valence-electron chi connectivity index (χ2n) is 6.68. The predicted octanol–water partition coefficient (Wildman–Crippen LogP) is 1.46. The highest BCUT2D eigenvalue weighted by Gasteiger charge is 2.34. The number of carbonyl (C=O) groups excluding carboxylic acids is 1. The van der Waals surface area contributed by atoms with Crippen molar-refractivity contribution < 1.29 is 9.53 Å². The Morgan fingerprint density at radius 2 is 2.20 bits per heavy atom. The van der Waals surface area contributed by atoms with Crippen molar-refractivity contribution in [2.45, 2.75) is 32.4 Å². The molecule has 2 atom stereocenters. The van der Waals surface area contributed by atoms with Gasteiger partial charge in [-0.2, -0.15) is 5.10 Å². The van der Waals surface area contributed by atoms with Crippen molar-refractivity contribution >= 4 is 11.6 Å². The number of amides is 1. The van der Waals surface area contributed by atoms with Crippen LogP contribution in [0.2, 0.25) is 0 Å². The summed E-state index contributed by atoms with van der Waals surface area (Å²) in [6.07, 6.45) is 0.733. The van der Waals surface area contributed by atoms with Gasteiger partial charge < -0.3 is 9.64 Å². The Bertz CT molecular complexity index is 774. The summed E-state index contributed by atoms with van der Waals surface area (Å²) in [6, 6.07) is 7.96. The van der Waals surface area contributed by atoms with Crippen molar-refractivity contribution in [3.8, 4) is 0 Å². The first kappa shape index (κ1) is 16.2. The topological polar surface area (TPSA) is 74.3 Å². The minimum atomic E-state index is -0.197. The molecular weight excluding hydrogens is 318 g/mol. The van der Waals surface area contributed by atoms with Gasteiger partial charge in [0.1, 0.15) is 11.9 Å². The molecule has 0 aliphatic carbocycles. The number of aryl methyl sites for hydroxylation is 1. The van der Waals surface area contributed by atoms with Gasteiger partial charge in [0.15, 0.2) is 5.82 Å². The summed E-state index contributed by atoms with van der Waals surface area (Å²) < 4.78 is 5.81. The van der Waals surface area contributed by atoms with Gasteiger partial charge in [-0.1, -0.05) is 18.2 Å². The Morgan fingerprint density at radius 3 is 3.00 bits per heavy atom. The van der Waals surface area contributed by atoms with Crippen molar-refractivity contribution in [2.75, 3.05) is 31.1 Å². The second-order valence-corrected chi connectivity index (χ2v) is 6.68. The zero-order chi connectivity index (χ0) is 17.4. The van der Waals surface area contributed by atoms with Crippen LogP contribution in [-0.2, 0) is 16.0 Å². The third kappa shape index (κ3) is 3.05. The summed E-state index contributed by atoms with van der Waals surface area (Å²) in [6.45, 7) is 6.55. The summed E-state index contributed by atoms with van der Waals surface area (Å²) in [4.78, 5) is 21.5. The SMILES string of the molecule is Cc1nc([C@H]2CN([C@H](C)C(=O)N3CCc4ccccc43)CCO2)n[nH]1. The number of nitrogens with zero attached hydrogens (tertiary/aromatic N) is 4. The van der Waals surface area contributed by atoms with E-state index >= 15 is 0 Å². The van der Waals surface area contributed by atoms with Crippen LogP contribution in [0.3, 0.4) is 0 Å². The Kier molecular flexibility index (Phi) is 4.27. The van der Waals surface area contributed by atoms with E-state index < -0.39 is 0 Å². The van der Waals surface area contributed by atoms with E-state index in [1.807, 2.05) is 36.9 Å². The minimum Gasteiger partial charge on any atom is -0.367 e. The van der Waals surface area contributed by atoms with E-state index in [-0.39, 0.29) is 18.1 Å². The third-order valence-corrected chi connectivity index (χ3v) is 5.06. The van der Waals surface area contributed by atoms with E-state index in [0.717, 1.165) is 31.0 Å². The van der Waals surface area contributed by atoms with E-state index in [0.29, 0.717) is 19.0 Å². The molecule has 1 aromatic carbocycles. The Labute approximate surface area is 147 Å². The van der Waals surface area contributed by atoms with Crippen molar-refractivity contribution in [1.29, 1.82) is 0 Å². The van der Waals surface area contributed by atoms with Crippen LogP contribution < -0.4 is 4.90 Å². The van der Waals surface area contributed by atoms with Crippen LogP contribution in [0.4, 0.5) is 5.69 Å². The molecule has 1 amide bonds. The molecule has 7 nitrogen and oxygen atoms in total. The minimum absolute atomic E-state index is 0.150. The monoisotopic (exact) mass is 341 g/mol. The number of benzene rings is 1. The summed E-state index contributed by atoms with van der Waals surface area (Å²) in [5.41, 5.74) is 2.30. The molecule has 4 rings (SSSR count). The zero-order valence-corrected chi connectivity index (χ0v) is 14.6. The van der Waals surface area contributed by atoms with Crippen LogP contribution in [0.15, 0.2) is 24.3 Å². The molecule has 0 unspecified atom stereocenters. The van der Waals surface area contributed by atoms with Gasteiger partial charge in [0, 0.05) is 25.3 Å². The van der Waals surface area contributed by atoms with Crippen molar-refractivity contribution in [2.24, 2.45) is 0 Å². The smallest absolute Gasteiger partial charge is 0.244 e. The van der Waals surface area contributed by atoms with Gasteiger partial charge in [-0.05, 0) is 31.9 Å². The summed E-state index contributed by atoms with van der Waals surface area (Å²) in [5, 5.41) is 7.06. The largest absolute Gasteiger partial charge is 0.367 e. The Morgan fingerprint density at radius 1 is 1.36 bits per heavy atom. The number of carbonyl (C=O) groups is 1. The molecule has 0 bridgehead atoms. The van der Waals surface area contributed by atoms with E-state index in [9.17, 15) is 4.79 Å². The summed E-state index contributed by atoms with van der Waals surface area (Å²) in [7, 11) is 0. The molecule has 2 aliphatic rings. The van der Waals surface area contributed by atoms with Crippen molar-refractivity contribution in [3.63, 3.8) is 0 Å². The molecule has 0 saturated carbocycles. The number of aromatic amines is 1. The number of rotatable bonds is 3. The normalized spacial score (nSPS) is 22.0. The number of nitrogens with one attached hydrogen (secondary N) is 1. The number of fused-ring (bicyclic) bond motifs is 1. The van der Waals surface area contributed by atoms with Gasteiger partial charge in [0.25, 0.3) is 0 Å². The number of H-pyrrole nitrogens is 1. The number of hydrogen-bond donors (Lipinski definition) is 1. The second kappa shape index (κ2) is 6.57. The highest BCUT2D eigenvalue weighted by molar-refractivity contribution is 5.98. The summed E-state index contributed by atoms with van der Waals surface area (Å²) in [5.74, 6) is 1.58. The maximum absolute atomic E-state index is 13.1. The van der Waals surface area contributed by atoms with E-state index in [2.05, 4.69) is 26.1 Å². The Hall–Kier alpha value is -2.25. The van der Waals surface area contributed by atoms with Crippen molar-refractivity contribution in [1.82, 2.24) is 20.1 Å². The Balaban J connectivity index is 1.47. The van der Waals surface area contributed by atoms with Crippen molar-refractivity contribution in [3.05, 3.63) is 41.5 Å². The van der Waals surface area contributed by atoms with E-state index in [1.165, 1.54) is 5.56 Å². The molecule has 2 aliphatic heterocycles. The highest BCUT2D eigenvalue weighted by atomic mass is 16.5. The van der Waals surface area contributed by atoms with Crippen LogP contribution in [0.5, 0.6) is 0 Å². The first-order valence-corrected chi connectivity index (χ1v) is 8.77. The molecular formula is C18H23N5O2. The molecule has 1 fully saturated rings. The number of para-hydroxylation sites is 1. The fourth-order valence-corrected chi connectivity index (χ4v) is 3.63. The third-order valence-electron chi connectivity index (χ3n) is 5.06. The average molecular weight is 341 g/mol. The van der Waals surface area contributed by atoms with Crippen LogP contribution in [0, 0.1) is 6.92 Å². The maximum atomic E-state index is 13.1. The number of ether oxygens (including phenoxy) is 1. The molecule has 0 radical (unpaired) electrons. The van der Waals surface area contributed by atoms with Crippen LogP contribution in [0.25, 0.3) is 0 Å². The first-order chi connectivity index (χ1) is 12.1.